The van der Waals surface area contributed by atoms with E-state index >= 15 is 0 Å². The van der Waals surface area contributed by atoms with Gasteiger partial charge >= 0.3 is 5.97 Å². The van der Waals surface area contributed by atoms with Gasteiger partial charge in [-0.1, -0.05) is 18.6 Å². The Morgan fingerprint density at radius 1 is 1.26 bits per heavy atom. The van der Waals surface area contributed by atoms with Crippen molar-refractivity contribution in [3.05, 3.63) is 11.6 Å². The molecule has 4 fully saturated rings. The number of carbonyl (C=O) groups is 1. The molecular formula is C20H28O3. The third kappa shape index (κ3) is 1.38. The van der Waals surface area contributed by atoms with Gasteiger partial charge in [0, 0.05) is 5.41 Å². The maximum Gasteiger partial charge on any atom is 0.309 e. The van der Waals surface area contributed by atoms with Gasteiger partial charge in [0.25, 0.3) is 0 Å². The van der Waals surface area contributed by atoms with Crippen LogP contribution in [0.5, 0.6) is 0 Å². The minimum atomic E-state index is -0.666. The minimum Gasteiger partial charge on any atom is -0.481 e. The van der Waals surface area contributed by atoms with E-state index in [2.05, 4.69) is 19.9 Å². The predicted molar refractivity (Wildman–Crippen MR) is 86.6 cm³/mol. The summed E-state index contributed by atoms with van der Waals surface area (Å²) in [6.45, 7) is 6.48. The van der Waals surface area contributed by atoms with Gasteiger partial charge < -0.3 is 10.2 Å². The smallest absolute Gasteiger partial charge is 0.309 e. The average molecular weight is 316 g/mol. The lowest BCUT2D eigenvalue weighted by Crippen LogP contribution is -2.63. The third-order valence-corrected chi connectivity index (χ3v) is 9.12. The van der Waals surface area contributed by atoms with Gasteiger partial charge in [-0.25, -0.2) is 0 Å². The van der Waals surface area contributed by atoms with Crippen LogP contribution in [0.4, 0.5) is 0 Å². The number of rotatable bonds is 1. The first-order chi connectivity index (χ1) is 10.8. The van der Waals surface area contributed by atoms with E-state index in [0.29, 0.717) is 18.8 Å². The van der Waals surface area contributed by atoms with Crippen molar-refractivity contribution >= 4 is 5.97 Å². The normalized spacial score (nSPS) is 62.2. The second-order valence-corrected chi connectivity index (χ2v) is 9.80. The number of allylic oxidation sites excluding steroid dienone is 2. The number of aliphatic hydroxyl groups is 1. The third-order valence-electron chi connectivity index (χ3n) is 9.12. The molecule has 6 rings (SSSR count). The predicted octanol–water partition coefficient (Wildman–Crippen LogP) is 3.48. The number of aliphatic carboxylic acids is 1. The Kier molecular flexibility index (Phi) is 2.44. The van der Waals surface area contributed by atoms with Crippen LogP contribution in [0, 0.1) is 45.8 Å². The van der Waals surface area contributed by atoms with Gasteiger partial charge in [-0.15, -0.1) is 0 Å². The topological polar surface area (TPSA) is 57.5 Å². The Balaban J connectivity index is 1.65. The molecule has 0 radical (unpaired) electrons. The molecule has 0 aromatic carbocycles. The summed E-state index contributed by atoms with van der Waals surface area (Å²) in [6.07, 6.45) is 6.86. The van der Waals surface area contributed by atoms with E-state index in [1.165, 1.54) is 6.42 Å². The molecule has 3 nitrogen and oxygen atoms in total. The number of aliphatic hydroxyl groups excluding tert-OH is 1. The van der Waals surface area contributed by atoms with Gasteiger partial charge in [0.05, 0.1) is 11.5 Å². The molecule has 126 valence electrons. The van der Waals surface area contributed by atoms with Crippen LogP contribution in [0.3, 0.4) is 0 Å². The molecule has 23 heavy (non-hydrogen) atoms. The first kappa shape index (κ1) is 14.5. The fraction of sp³-hybridized carbons (Fsp3) is 0.850. The fourth-order valence-electron chi connectivity index (χ4n) is 8.33. The second kappa shape index (κ2) is 3.87. The van der Waals surface area contributed by atoms with E-state index in [1.807, 2.05) is 6.92 Å². The number of hydrogen-bond acceptors (Lipinski definition) is 2. The van der Waals surface area contributed by atoms with Gasteiger partial charge in [-0.05, 0) is 81.0 Å². The Morgan fingerprint density at radius 3 is 2.70 bits per heavy atom. The van der Waals surface area contributed by atoms with Crippen LogP contribution < -0.4 is 0 Å². The van der Waals surface area contributed by atoms with Crippen LogP contribution in [0.1, 0.15) is 52.9 Å². The summed E-state index contributed by atoms with van der Waals surface area (Å²) >= 11 is 0. The Labute approximate surface area is 138 Å². The van der Waals surface area contributed by atoms with Gasteiger partial charge in [0.1, 0.15) is 0 Å². The van der Waals surface area contributed by atoms with Crippen LogP contribution in [-0.2, 0) is 4.79 Å². The zero-order valence-electron chi connectivity index (χ0n) is 14.4. The van der Waals surface area contributed by atoms with Crippen LogP contribution in [0.2, 0.25) is 0 Å². The largest absolute Gasteiger partial charge is 0.481 e. The molecule has 0 amide bonds. The molecule has 0 aromatic rings. The molecule has 3 heteroatoms. The van der Waals surface area contributed by atoms with Gasteiger partial charge in [0.2, 0.25) is 0 Å². The quantitative estimate of drug-likeness (QED) is 0.728. The molecule has 0 saturated heterocycles. The van der Waals surface area contributed by atoms with Crippen molar-refractivity contribution in [2.75, 3.05) is 0 Å². The molecule has 2 N–H and O–H groups in total. The minimum absolute atomic E-state index is 0.112. The average Bonchev–Trinajstić information content (AvgIpc) is 3.09. The molecule has 1 spiro atoms. The summed E-state index contributed by atoms with van der Waals surface area (Å²) in [5, 5.41) is 21.0. The van der Waals surface area contributed by atoms with Gasteiger partial charge in [0.15, 0.2) is 0 Å². The Morgan fingerprint density at radius 2 is 2.00 bits per heavy atom. The first-order valence-corrected chi connectivity index (χ1v) is 9.36. The van der Waals surface area contributed by atoms with E-state index in [-0.39, 0.29) is 22.9 Å². The van der Waals surface area contributed by atoms with E-state index in [1.54, 1.807) is 5.57 Å². The molecule has 1 unspecified atom stereocenters. The standard InChI is InChI=1S/C20H28O3/c1-10-8-20-7-4-12-18(2,17(22)23)6-5-13(21)19(12,3)16(20)15-11(9-20)14(10)15/h8,11-16,21H,4-7,9H2,1-3H3,(H,22,23)/t11?,12-,13+,14+,15-,16+,18+,19+,20+/m1/s1. The lowest BCUT2D eigenvalue weighted by molar-refractivity contribution is -0.202. The number of carboxylic acid groups (broad SMARTS) is 1. The molecule has 4 bridgehead atoms. The zero-order chi connectivity index (χ0) is 16.4. The van der Waals surface area contributed by atoms with Crippen LogP contribution in [0.15, 0.2) is 11.6 Å². The van der Waals surface area contributed by atoms with Crippen LogP contribution in [0.25, 0.3) is 0 Å². The molecule has 9 atom stereocenters. The maximum atomic E-state index is 12.1. The summed E-state index contributed by atoms with van der Waals surface area (Å²) in [5.74, 6) is 2.24. The van der Waals surface area contributed by atoms with Gasteiger partial charge in [-0.3, -0.25) is 4.79 Å². The number of fused-ring (bicyclic) bond motifs is 1. The lowest BCUT2D eigenvalue weighted by Gasteiger charge is -2.64. The van der Waals surface area contributed by atoms with E-state index in [9.17, 15) is 15.0 Å². The second-order valence-electron chi connectivity index (χ2n) is 9.80. The number of carboxylic acids is 1. The summed E-state index contributed by atoms with van der Waals surface area (Å²) in [5.41, 5.74) is 0.947. The molecule has 0 heterocycles. The summed E-state index contributed by atoms with van der Waals surface area (Å²) in [7, 11) is 0. The number of hydrogen-bond donors (Lipinski definition) is 2. The van der Waals surface area contributed by atoms with E-state index in [0.717, 1.165) is 30.6 Å². The Hall–Kier alpha value is -0.830. The highest BCUT2D eigenvalue weighted by molar-refractivity contribution is 5.75. The fourth-order valence-corrected chi connectivity index (χ4v) is 8.33. The highest BCUT2D eigenvalue weighted by atomic mass is 16.4. The highest BCUT2D eigenvalue weighted by Crippen LogP contribution is 2.82. The Bertz CT molecular complexity index is 639. The van der Waals surface area contributed by atoms with Crippen LogP contribution in [-0.4, -0.2) is 22.3 Å². The first-order valence-electron chi connectivity index (χ1n) is 9.36. The summed E-state index contributed by atoms with van der Waals surface area (Å²) < 4.78 is 0. The van der Waals surface area contributed by atoms with Crippen molar-refractivity contribution in [2.45, 2.75) is 59.0 Å². The van der Waals surface area contributed by atoms with Crippen molar-refractivity contribution < 1.29 is 15.0 Å². The SMILES string of the molecule is CC1=C[C@]23CC[C@H]4[C@](C)([C@@H]2[C@@H]2C(C3)[C@H]12)[C@@H](O)CC[C@]4(C)C(=O)O. The molecular weight excluding hydrogens is 288 g/mol. The van der Waals surface area contributed by atoms with Gasteiger partial charge in [-0.2, -0.15) is 0 Å². The molecule has 0 aromatic heterocycles. The van der Waals surface area contributed by atoms with Crippen molar-refractivity contribution in [1.29, 1.82) is 0 Å². The highest BCUT2D eigenvalue weighted by Gasteiger charge is 2.77. The molecule has 4 saturated carbocycles. The van der Waals surface area contributed by atoms with E-state index in [4.69, 9.17) is 0 Å². The molecule has 0 aliphatic heterocycles. The monoisotopic (exact) mass is 316 g/mol. The van der Waals surface area contributed by atoms with Crippen LogP contribution >= 0.6 is 0 Å². The van der Waals surface area contributed by atoms with Crippen molar-refractivity contribution in [3.63, 3.8) is 0 Å². The van der Waals surface area contributed by atoms with E-state index < -0.39 is 11.4 Å². The molecule has 6 aliphatic rings. The van der Waals surface area contributed by atoms with Crippen molar-refractivity contribution in [2.24, 2.45) is 45.8 Å². The molecule has 6 aliphatic carbocycles. The van der Waals surface area contributed by atoms with Crippen molar-refractivity contribution in [1.82, 2.24) is 0 Å². The van der Waals surface area contributed by atoms with Crippen molar-refractivity contribution in [3.8, 4) is 0 Å². The maximum absolute atomic E-state index is 12.1. The zero-order valence-corrected chi connectivity index (χ0v) is 14.4. The summed E-state index contributed by atoms with van der Waals surface area (Å²) in [6, 6.07) is 0. The summed E-state index contributed by atoms with van der Waals surface area (Å²) in [4.78, 5) is 12.1. The lowest BCUT2D eigenvalue weighted by atomic mass is 9.40.